The molecule has 3 nitrogen and oxygen atoms in total. The van der Waals surface area contributed by atoms with Crippen LogP contribution in [0.3, 0.4) is 0 Å². The molecule has 0 saturated carbocycles. The van der Waals surface area contributed by atoms with Crippen molar-refractivity contribution < 1.29 is 14.6 Å². The van der Waals surface area contributed by atoms with Gasteiger partial charge in [0.2, 0.25) is 0 Å². The molecule has 0 spiro atoms. The molecule has 0 amide bonds. The summed E-state index contributed by atoms with van der Waals surface area (Å²) in [5, 5.41) is 9.42. The molecule has 1 heterocycles. The molecule has 3 heteroatoms. The molecule has 2 rings (SSSR count). The molecule has 0 bridgehead atoms. The molecule has 0 aromatic heterocycles. The lowest BCUT2D eigenvalue weighted by Crippen LogP contribution is -2.26. The first kappa shape index (κ1) is 13.2. The van der Waals surface area contributed by atoms with Gasteiger partial charge >= 0.3 is 0 Å². The van der Waals surface area contributed by atoms with E-state index in [9.17, 15) is 5.11 Å². The first-order valence-corrected chi connectivity index (χ1v) is 6.35. The molecular weight excluding hydrogens is 228 g/mol. The van der Waals surface area contributed by atoms with E-state index in [0.29, 0.717) is 13.2 Å². The molecule has 1 aliphatic heterocycles. The Labute approximate surface area is 109 Å². The van der Waals surface area contributed by atoms with Gasteiger partial charge in [-0.3, -0.25) is 0 Å². The molecule has 0 saturated heterocycles. The van der Waals surface area contributed by atoms with Crippen LogP contribution in [0.4, 0.5) is 0 Å². The van der Waals surface area contributed by atoms with Crippen LogP contribution in [0.1, 0.15) is 33.3 Å². The average Bonchev–Trinajstić information content (AvgIpc) is 2.48. The number of aliphatic hydroxyl groups is 1. The monoisotopic (exact) mass is 250 g/mol. The highest BCUT2D eigenvalue weighted by Gasteiger charge is 2.27. The predicted octanol–water partition coefficient (Wildman–Crippen LogP) is 2.75. The number of hydrogen-bond acceptors (Lipinski definition) is 3. The van der Waals surface area contributed by atoms with Crippen molar-refractivity contribution in [3.63, 3.8) is 0 Å². The van der Waals surface area contributed by atoms with Gasteiger partial charge in [0.25, 0.3) is 0 Å². The Bertz CT molecular complexity index is 435. The topological polar surface area (TPSA) is 38.7 Å². The summed E-state index contributed by atoms with van der Waals surface area (Å²) in [4.78, 5) is 0. The van der Waals surface area contributed by atoms with E-state index in [4.69, 9.17) is 9.47 Å². The molecule has 18 heavy (non-hydrogen) atoms. The van der Waals surface area contributed by atoms with Gasteiger partial charge in [0, 0.05) is 10.8 Å². The Morgan fingerprint density at radius 1 is 1.17 bits per heavy atom. The van der Waals surface area contributed by atoms with Gasteiger partial charge in [-0.1, -0.05) is 33.8 Å². The number of fused-ring (bicyclic) bond motifs is 1. The Kier molecular flexibility index (Phi) is 3.28. The van der Waals surface area contributed by atoms with Crippen molar-refractivity contribution in [2.24, 2.45) is 5.41 Å². The van der Waals surface area contributed by atoms with Gasteiger partial charge in [-0.15, -0.1) is 0 Å². The summed E-state index contributed by atoms with van der Waals surface area (Å²) in [6.07, 6.45) is 0. The van der Waals surface area contributed by atoms with Crippen molar-refractivity contribution in [3.8, 4) is 11.5 Å². The SMILES string of the molecule is CC1(C)COc2ccc(C(C)(C)CO)cc2OC1. The smallest absolute Gasteiger partial charge is 0.161 e. The van der Waals surface area contributed by atoms with E-state index in [1.807, 2.05) is 32.0 Å². The van der Waals surface area contributed by atoms with Crippen molar-refractivity contribution in [2.45, 2.75) is 33.1 Å². The summed E-state index contributed by atoms with van der Waals surface area (Å²) in [5.74, 6) is 1.57. The van der Waals surface area contributed by atoms with E-state index < -0.39 is 0 Å². The van der Waals surface area contributed by atoms with Crippen LogP contribution in [-0.4, -0.2) is 24.9 Å². The molecule has 1 aromatic carbocycles. The van der Waals surface area contributed by atoms with Crippen molar-refractivity contribution in [2.75, 3.05) is 19.8 Å². The van der Waals surface area contributed by atoms with Crippen LogP contribution in [0.25, 0.3) is 0 Å². The second-order valence-electron chi connectivity index (χ2n) is 6.45. The largest absolute Gasteiger partial charge is 0.489 e. The maximum atomic E-state index is 9.42. The Morgan fingerprint density at radius 2 is 1.78 bits per heavy atom. The van der Waals surface area contributed by atoms with E-state index in [2.05, 4.69) is 13.8 Å². The normalized spacial score (nSPS) is 18.3. The highest BCUT2D eigenvalue weighted by atomic mass is 16.5. The minimum Gasteiger partial charge on any atom is -0.489 e. The fourth-order valence-electron chi connectivity index (χ4n) is 1.84. The van der Waals surface area contributed by atoms with Crippen LogP contribution >= 0.6 is 0 Å². The standard InChI is InChI=1S/C15H22O3/c1-14(2)9-17-12-6-5-11(15(3,4)8-16)7-13(12)18-10-14/h5-7,16H,8-10H2,1-4H3. The quantitative estimate of drug-likeness (QED) is 0.877. The predicted molar refractivity (Wildman–Crippen MR) is 71.3 cm³/mol. The number of hydrogen-bond donors (Lipinski definition) is 1. The van der Waals surface area contributed by atoms with Gasteiger partial charge in [-0.2, -0.15) is 0 Å². The fourth-order valence-corrected chi connectivity index (χ4v) is 1.84. The molecule has 0 fully saturated rings. The summed E-state index contributed by atoms with van der Waals surface area (Å²) < 4.78 is 11.6. The number of rotatable bonds is 2. The fraction of sp³-hybridized carbons (Fsp3) is 0.600. The molecular formula is C15H22O3. The van der Waals surface area contributed by atoms with E-state index in [-0.39, 0.29) is 17.4 Å². The highest BCUT2D eigenvalue weighted by molar-refractivity contribution is 5.45. The van der Waals surface area contributed by atoms with Crippen molar-refractivity contribution in [1.29, 1.82) is 0 Å². The van der Waals surface area contributed by atoms with Crippen LogP contribution in [0.2, 0.25) is 0 Å². The molecule has 1 aromatic rings. The minimum absolute atomic E-state index is 0.0195. The first-order chi connectivity index (χ1) is 8.34. The summed E-state index contributed by atoms with van der Waals surface area (Å²) in [6.45, 7) is 9.67. The van der Waals surface area contributed by atoms with Gasteiger partial charge < -0.3 is 14.6 Å². The first-order valence-electron chi connectivity index (χ1n) is 6.35. The molecule has 0 unspecified atom stereocenters. The lowest BCUT2D eigenvalue weighted by atomic mass is 9.85. The molecule has 1 N–H and O–H groups in total. The highest BCUT2D eigenvalue weighted by Crippen LogP contribution is 2.37. The summed E-state index contributed by atoms with van der Waals surface area (Å²) in [5.41, 5.74) is 0.818. The Balaban J connectivity index is 2.32. The molecule has 0 atom stereocenters. The number of ether oxygens (including phenoxy) is 2. The molecule has 1 aliphatic rings. The van der Waals surface area contributed by atoms with Crippen LogP contribution < -0.4 is 9.47 Å². The van der Waals surface area contributed by atoms with Crippen molar-refractivity contribution >= 4 is 0 Å². The van der Waals surface area contributed by atoms with Crippen molar-refractivity contribution in [3.05, 3.63) is 23.8 Å². The van der Waals surface area contributed by atoms with E-state index >= 15 is 0 Å². The zero-order valence-corrected chi connectivity index (χ0v) is 11.6. The minimum atomic E-state index is -0.264. The molecule has 0 radical (unpaired) electrons. The second-order valence-corrected chi connectivity index (χ2v) is 6.45. The third kappa shape index (κ3) is 2.61. The van der Waals surface area contributed by atoms with Crippen LogP contribution in [-0.2, 0) is 5.41 Å². The number of aliphatic hydroxyl groups excluding tert-OH is 1. The van der Waals surface area contributed by atoms with Gasteiger partial charge in [0.1, 0.15) is 0 Å². The van der Waals surface area contributed by atoms with Crippen LogP contribution in [0, 0.1) is 5.41 Å². The summed E-state index contributed by atoms with van der Waals surface area (Å²) >= 11 is 0. The van der Waals surface area contributed by atoms with Crippen LogP contribution in [0.15, 0.2) is 18.2 Å². The zero-order valence-electron chi connectivity index (χ0n) is 11.6. The third-order valence-corrected chi connectivity index (χ3v) is 3.36. The lowest BCUT2D eigenvalue weighted by Gasteiger charge is -2.23. The Morgan fingerprint density at radius 3 is 2.39 bits per heavy atom. The molecule has 100 valence electrons. The van der Waals surface area contributed by atoms with Gasteiger partial charge in [0.15, 0.2) is 11.5 Å². The summed E-state index contributed by atoms with van der Waals surface area (Å²) in [7, 11) is 0. The van der Waals surface area contributed by atoms with Crippen LogP contribution in [0.5, 0.6) is 11.5 Å². The maximum absolute atomic E-state index is 9.42. The lowest BCUT2D eigenvalue weighted by molar-refractivity contribution is 0.140. The molecule has 0 aliphatic carbocycles. The van der Waals surface area contributed by atoms with E-state index in [0.717, 1.165) is 17.1 Å². The van der Waals surface area contributed by atoms with Gasteiger partial charge in [0.05, 0.1) is 19.8 Å². The van der Waals surface area contributed by atoms with Gasteiger partial charge in [-0.25, -0.2) is 0 Å². The third-order valence-electron chi connectivity index (χ3n) is 3.36. The second kappa shape index (κ2) is 4.47. The Hall–Kier alpha value is -1.22. The number of benzene rings is 1. The van der Waals surface area contributed by atoms with Crippen molar-refractivity contribution in [1.82, 2.24) is 0 Å². The maximum Gasteiger partial charge on any atom is 0.161 e. The zero-order chi connectivity index (χ0) is 13.4. The summed E-state index contributed by atoms with van der Waals surface area (Å²) in [6, 6.07) is 5.91. The van der Waals surface area contributed by atoms with E-state index in [1.54, 1.807) is 0 Å². The van der Waals surface area contributed by atoms with E-state index in [1.165, 1.54) is 0 Å². The average molecular weight is 250 g/mol. The van der Waals surface area contributed by atoms with Gasteiger partial charge in [-0.05, 0) is 17.7 Å².